The van der Waals surface area contributed by atoms with Crippen LogP contribution >= 0.6 is 11.6 Å². The van der Waals surface area contributed by atoms with Gasteiger partial charge in [0.05, 0.1) is 24.8 Å². The Morgan fingerprint density at radius 3 is 2.51 bits per heavy atom. The van der Waals surface area contributed by atoms with Crippen molar-refractivity contribution in [1.82, 2.24) is 19.4 Å². The van der Waals surface area contributed by atoms with E-state index in [2.05, 4.69) is 9.88 Å². The summed E-state index contributed by atoms with van der Waals surface area (Å²) in [7, 11) is 0. The second-order valence-corrected chi connectivity index (χ2v) is 8.95. The van der Waals surface area contributed by atoms with E-state index in [4.69, 9.17) is 16.3 Å². The minimum Gasteiger partial charge on any atom is -0.507 e. The van der Waals surface area contributed by atoms with Crippen LogP contribution in [-0.4, -0.2) is 63.3 Å². The summed E-state index contributed by atoms with van der Waals surface area (Å²) in [5.74, 6) is -0.0530. The third-order valence-electron chi connectivity index (χ3n) is 6.25. The highest BCUT2D eigenvalue weighted by atomic mass is 35.5. The van der Waals surface area contributed by atoms with Gasteiger partial charge in [-0.3, -0.25) is 14.7 Å². The first kappa shape index (κ1) is 24.8. The quantitative estimate of drug-likeness (QED) is 0.558. The normalized spacial score (nSPS) is 15.1. The minimum absolute atomic E-state index is 0.0530. The fourth-order valence-corrected chi connectivity index (χ4v) is 4.61. The number of hydrogen-bond donors (Lipinski definition) is 1. The van der Waals surface area contributed by atoms with E-state index in [0.29, 0.717) is 55.6 Å². The lowest BCUT2D eigenvalue weighted by Crippen LogP contribution is -2.50. The van der Waals surface area contributed by atoms with Crippen molar-refractivity contribution in [3.63, 3.8) is 0 Å². The molecule has 0 radical (unpaired) electrons. The van der Waals surface area contributed by atoms with Crippen LogP contribution in [0.5, 0.6) is 5.75 Å². The summed E-state index contributed by atoms with van der Waals surface area (Å²) in [6.45, 7) is 6.19. The zero-order valence-electron chi connectivity index (χ0n) is 19.9. The SMILES string of the molecule is CCOC(=O)N1CCN([C@H](c2ccc(Cl)cc2)c2c(O)cc(C)n(Cc3cccnc3)c2=O)CC1. The van der Waals surface area contributed by atoms with Crippen molar-refractivity contribution in [2.45, 2.75) is 26.4 Å². The fraction of sp³-hybridized carbons (Fsp3) is 0.346. The van der Waals surface area contributed by atoms with Gasteiger partial charge in [0, 0.05) is 49.3 Å². The predicted octanol–water partition coefficient (Wildman–Crippen LogP) is 3.82. The number of carbonyl (C=O) groups excluding carboxylic acids is 1. The number of rotatable bonds is 6. The molecule has 0 unspecified atom stereocenters. The lowest BCUT2D eigenvalue weighted by Gasteiger charge is -2.39. The summed E-state index contributed by atoms with van der Waals surface area (Å²) >= 11 is 6.14. The maximum atomic E-state index is 13.8. The summed E-state index contributed by atoms with van der Waals surface area (Å²) in [5, 5.41) is 11.6. The molecule has 0 saturated carbocycles. The van der Waals surface area contributed by atoms with Gasteiger partial charge in [0.15, 0.2) is 0 Å². The van der Waals surface area contributed by atoms with Gasteiger partial charge in [-0.1, -0.05) is 29.8 Å². The van der Waals surface area contributed by atoms with Crippen molar-refractivity contribution in [3.8, 4) is 5.75 Å². The molecule has 3 aromatic rings. The molecule has 0 spiro atoms. The van der Waals surface area contributed by atoms with Gasteiger partial charge in [-0.2, -0.15) is 0 Å². The van der Waals surface area contributed by atoms with Gasteiger partial charge in [0.25, 0.3) is 5.56 Å². The summed E-state index contributed by atoms with van der Waals surface area (Å²) < 4.78 is 6.80. The first-order chi connectivity index (χ1) is 16.9. The third-order valence-corrected chi connectivity index (χ3v) is 6.50. The van der Waals surface area contributed by atoms with Crippen LogP contribution in [0.2, 0.25) is 5.02 Å². The number of ether oxygens (including phenoxy) is 1. The summed E-state index contributed by atoms with van der Waals surface area (Å²) in [5.41, 5.74) is 2.41. The Kier molecular flexibility index (Phi) is 7.73. The Labute approximate surface area is 209 Å². The van der Waals surface area contributed by atoms with Crippen LogP contribution in [0.25, 0.3) is 0 Å². The Bertz CT molecular complexity index is 1220. The second kappa shape index (κ2) is 10.9. The fourth-order valence-electron chi connectivity index (χ4n) is 4.48. The smallest absolute Gasteiger partial charge is 0.409 e. The van der Waals surface area contributed by atoms with Gasteiger partial charge in [-0.25, -0.2) is 4.79 Å². The molecular weight excluding hydrogens is 468 g/mol. The average Bonchev–Trinajstić information content (AvgIpc) is 2.86. The second-order valence-electron chi connectivity index (χ2n) is 8.51. The summed E-state index contributed by atoms with van der Waals surface area (Å²) in [4.78, 5) is 34.0. The molecule has 2 aromatic heterocycles. The first-order valence-corrected chi connectivity index (χ1v) is 12.0. The molecule has 35 heavy (non-hydrogen) atoms. The standard InChI is InChI=1S/C26H29ClN4O4/c1-3-35-26(34)30-13-11-29(12-14-30)24(20-6-8-21(27)9-7-20)23-22(32)15-18(2)31(25(23)33)17-19-5-4-10-28-16-19/h4-10,15-16,24,32H,3,11-14,17H2,1-2H3/t24-/m1/s1. The van der Waals surface area contributed by atoms with Crippen molar-refractivity contribution < 1.29 is 14.6 Å². The van der Waals surface area contributed by atoms with E-state index < -0.39 is 6.04 Å². The van der Waals surface area contributed by atoms with E-state index >= 15 is 0 Å². The Hall–Kier alpha value is -3.36. The Morgan fingerprint density at radius 1 is 1.17 bits per heavy atom. The van der Waals surface area contributed by atoms with E-state index in [0.717, 1.165) is 11.1 Å². The van der Waals surface area contributed by atoms with Crippen molar-refractivity contribution in [3.05, 3.63) is 92.6 Å². The number of nitrogens with zero attached hydrogens (tertiary/aromatic N) is 4. The number of pyridine rings is 2. The van der Waals surface area contributed by atoms with Gasteiger partial charge in [-0.05, 0) is 49.2 Å². The molecule has 1 fully saturated rings. The molecule has 1 N–H and O–H groups in total. The van der Waals surface area contributed by atoms with Gasteiger partial charge in [0.1, 0.15) is 5.75 Å². The van der Waals surface area contributed by atoms with Crippen LogP contribution in [0.15, 0.2) is 59.7 Å². The van der Waals surface area contributed by atoms with Gasteiger partial charge in [0.2, 0.25) is 0 Å². The highest BCUT2D eigenvalue weighted by Crippen LogP contribution is 2.34. The number of hydrogen-bond acceptors (Lipinski definition) is 6. The molecular formula is C26H29ClN4O4. The Balaban J connectivity index is 1.74. The molecule has 1 atom stereocenters. The lowest BCUT2D eigenvalue weighted by atomic mass is 9.96. The largest absolute Gasteiger partial charge is 0.507 e. The molecule has 1 aliphatic heterocycles. The maximum Gasteiger partial charge on any atom is 0.409 e. The number of aromatic hydroxyl groups is 1. The van der Waals surface area contributed by atoms with Crippen LogP contribution in [-0.2, 0) is 11.3 Å². The van der Waals surface area contributed by atoms with Crippen LogP contribution in [0.3, 0.4) is 0 Å². The minimum atomic E-state index is -0.509. The lowest BCUT2D eigenvalue weighted by molar-refractivity contribution is 0.0709. The van der Waals surface area contributed by atoms with Gasteiger partial charge in [-0.15, -0.1) is 0 Å². The summed E-state index contributed by atoms with van der Waals surface area (Å²) in [6.07, 6.45) is 3.07. The van der Waals surface area contributed by atoms with Gasteiger partial charge < -0.3 is 19.3 Å². The van der Waals surface area contributed by atoms with Crippen molar-refractivity contribution in [2.24, 2.45) is 0 Å². The van der Waals surface area contributed by atoms with Crippen LogP contribution in [0.1, 0.15) is 35.3 Å². The monoisotopic (exact) mass is 496 g/mol. The molecule has 4 rings (SSSR count). The molecule has 1 aliphatic rings. The van der Waals surface area contributed by atoms with E-state index in [9.17, 15) is 14.7 Å². The number of piperazine rings is 1. The highest BCUT2D eigenvalue weighted by Gasteiger charge is 2.32. The molecule has 1 amide bonds. The third kappa shape index (κ3) is 5.49. The molecule has 9 heteroatoms. The number of halogens is 1. The van der Waals surface area contributed by atoms with E-state index in [-0.39, 0.29) is 17.4 Å². The number of carbonyl (C=O) groups is 1. The predicted molar refractivity (Wildman–Crippen MR) is 134 cm³/mol. The van der Waals surface area contributed by atoms with Crippen LogP contribution < -0.4 is 5.56 Å². The first-order valence-electron chi connectivity index (χ1n) is 11.6. The number of aromatic nitrogens is 2. The van der Waals surface area contributed by atoms with Crippen molar-refractivity contribution >= 4 is 17.7 Å². The number of amides is 1. The molecule has 1 aromatic carbocycles. The molecule has 0 aliphatic carbocycles. The van der Waals surface area contributed by atoms with Crippen molar-refractivity contribution in [1.29, 1.82) is 0 Å². The average molecular weight is 497 g/mol. The molecule has 1 saturated heterocycles. The van der Waals surface area contributed by atoms with Crippen LogP contribution in [0, 0.1) is 6.92 Å². The van der Waals surface area contributed by atoms with E-state index in [1.54, 1.807) is 53.9 Å². The topological polar surface area (TPSA) is 87.9 Å². The summed E-state index contributed by atoms with van der Waals surface area (Å²) in [6, 6.07) is 12.2. The maximum absolute atomic E-state index is 13.8. The zero-order chi connectivity index (χ0) is 24.9. The molecule has 8 nitrogen and oxygen atoms in total. The van der Waals surface area contributed by atoms with E-state index in [1.165, 1.54) is 0 Å². The molecule has 3 heterocycles. The number of benzene rings is 1. The van der Waals surface area contributed by atoms with Crippen molar-refractivity contribution in [2.75, 3.05) is 32.8 Å². The van der Waals surface area contributed by atoms with Gasteiger partial charge >= 0.3 is 6.09 Å². The number of aryl methyl sites for hydroxylation is 1. The zero-order valence-corrected chi connectivity index (χ0v) is 20.6. The molecule has 0 bridgehead atoms. The highest BCUT2D eigenvalue weighted by molar-refractivity contribution is 6.30. The van der Waals surface area contributed by atoms with Crippen LogP contribution in [0.4, 0.5) is 4.79 Å². The van der Waals surface area contributed by atoms with E-state index in [1.807, 2.05) is 24.3 Å². The molecule has 184 valence electrons. The Morgan fingerprint density at radius 2 is 1.89 bits per heavy atom.